The lowest BCUT2D eigenvalue weighted by Crippen LogP contribution is -2.47. The number of rotatable bonds is 4. The fourth-order valence-corrected chi connectivity index (χ4v) is 2.50. The van der Waals surface area contributed by atoms with Gasteiger partial charge in [0.2, 0.25) is 0 Å². The Morgan fingerprint density at radius 1 is 1.58 bits per heavy atom. The van der Waals surface area contributed by atoms with Gasteiger partial charge in [0.15, 0.2) is 0 Å². The van der Waals surface area contributed by atoms with E-state index in [1.54, 1.807) is 6.07 Å². The van der Waals surface area contributed by atoms with E-state index in [2.05, 4.69) is 10.2 Å². The van der Waals surface area contributed by atoms with Crippen molar-refractivity contribution in [3.63, 3.8) is 0 Å². The molecule has 0 bridgehead atoms. The Hall–Kier alpha value is -1.17. The first kappa shape index (κ1) is 14.2. The van der Waals surface area contributed by atoms with Gasteiger partial charge in [0, 0.05) is 37.3 Å². The van der Waals surface area contributed by atoms with Crippen LogP contribution in [0.15, 0.2) is 18.2 Å². The summed E-state index contributed by atoms with van der Waals surface area (Å²) in [6.07, 6.45) is 0.140. The van der Waals surface area contributed by atoms with Gasteiger partial charge < -0.3 is 15.2 Å². The standard InChI is InChI=1S/C14H21FN2O2/c1-10(13-4-3-11(18)7-14(13)15)17-5-6-19-12(9-17)8-16-2/h3-4,7,10,12,16,18H,5-6,8-9H2,1-2H3. The topological polar surface area (TPSA) is 44.7 Å². The quantitative estimate of drug-likeness (QED) is 0.869. The van der Waals surface area contributed by atoms with Crippen LogP contribution in [0.25, 0.3) is 0 Å². The van der Waals surface area contributed by atoms with E-state index in [1.165, 1.54) is 6.07 Å². The van der Waals surface area contributed by atoms with Crippen LogP contribution >= 0.6 is 0 Å². The number of aromatic hydroxyl groups is 1. The van der Waals surface area contributed by atoms with Crippen molar-refractivity contribution in [1.82, 2.24) is 10.2 Å². The Morgan fingerprint density at radius 2 is 2.37 bits per heavy atom. The molecule has 106 valence electrons. The summed E-state index contributed by atoms with van der Waals surface area (Å²) >= 11 is 0. The molecule has 19 heavy (non-hydrogen) atoms. The average Bonchev–Trinajstić information content (AvgIpc) is 2.39. The minimum atomic E-state index is -0.357. The molecule has 1 saturated heterocycles. The monoisotopic (exact) mass is 268 g/mol. The van der Waals surface area contributed by atoms with E-state index >= 15 is 0 Å². The van der Waals surface area contributed by atoms with Gasteiger partial charge in [0.25, 0.3) is 0 Å². The molecule has 0 aliphatic carbocycles. The van der Waals surface area contributed by atoms with Gasteiger partial charge in [-0.05, 0) is 20.0 Å². The molecule has 5 heteroatoms. The van der Waals surface area contributed by atoms with Gasteiger partial charge in [-0.25, -0.2) is 4.39 Å². The highest BCUT2D eigenvalue weighted by atomic mass is 19.1. The maximum absolute atomic E-state index is 13.9. The highest BCUT2D eigenvalue weighted by Gasteiger charge is 2.25. The van der Waals surface area contributed by atoms with Gasteiger partial charge in [-0.15, -0.1) is 0 Å². The predicted molar refractivity (Wildman–Crippen MR) is 71.7 cm³/mol. The summed E-state index contributed by atoms with van der Waals surface area (Å²) < 4.78 is 19.5. The van der Waals surface area contributed by atoms with Crippen molar-refractivity contribution in [3.8, 4) is 5.75 Å². The molecule has 1 aliphatic rings. The first-order valence-electron chi connectivity index (χ1n) is 6.60. The number of likely N-dealkylation sites (N-methyl/N-ethyl adjacent to an activating group) is 1. The molecule has 1 aromatic rings. The van der Waals surface area contributed by atoms with Gasteiger partial charge in [0.05, 0.1) is 12.7 Å². The number of phenolic OH excluding ortho intramolecular Hbond substituents is 1. The maximum atomic E-state index is 13.9. The van der Waals surface area contributed by atoms with Crippen molar-refractivity contribution in [2.75, 3.05) is 33.3 Å². The van der Waals surface area contributed by atoms with E-state index in [0.29, 0.717) is 12.2 Å². The second-order valence-electron chi connectivity index (χ2n) is 4.93. The summed E-state index contributed by atoms with van der Waals surface area (Å²) in [5.74, 6) is -0.396. The molecule has 2 N–H and O–H groups in total. The van der Waals surface area contributed by atoms with Crippen molar-refractivity contribution >= 4 is 0 Å². The maximum Gasteiger partial charge on any atom is 0.131 e. The lowest BCUT2D eigenvalue weighted by molar-refractivity contribution is -0.0397. The van der Waals surface area contributed by atoms with Gasteiger partial charge in [-0.3, -0.25) is 4.90 Å². The molecular formula is C14H21FN2O2. The number of phenols is 1. The molecule has 1 aliphatic heterocycles. The molecule has 2 atom stereocenters. The van der Waals surface area contributed by atoms with Crippen LogP contribution in [0, 0.1) is 5.82 Å². The predicted octanol–water partition coefficient (Wildman–Crippen LogP) is 1.51. The van der Waals surface area contributed by atoms with E-state index in [-0.39, 0.29) is 23.7 Å². The van der Waals surface area contributed by atoms with E-state index in [1.807, 2.05) is 14.0 Å². The number of benzene rings is 1. The third kappa shape index (κ3) is 3.43. The molecule has 0 aromatic heterocycles. The van der Waals surface area contributed by atoms with Crippen LogP contribution in [-0.2, 0) is 4.74 Å². The number of halogens is 1. The molecule has 0 radical (unpaired) electrons. The minimum Gasteiger partial charge on any atom is -0.508 e. The van der Waals surface area contributed by atoms with Gasteiger partial charge in [-0.1, -0.05) is 6.07 Å². The van der Waals surface area contributed by atoms with Crippen molar-refractivity contribution in [2.45, 2.75) is 19.1 Å². The Morgan fingerprint density at radius 3 is 3.05 bits per heavy atom. The summed E-state index contributed by atoms with van der Waals surface area (Å²) in [5, 5.41) is 12.4. The molecule has 0 amide bonds. The summed E-state index contributed by atoms with van der Waals surface area (Å²) in [6, 6.07) is 4.32. The van der Waals surface area contributed by atoms with Crippen LogP contribution in [-0.4, -0.2) is 49.4 Å². The number of hydrogen-bond donors (Lipinski definition) is 2. The highest BCUT2D eigenvalue weighted by molar-refractivity contribution is 5.29. The Bertz CT molecular complexity index is 426. The molecule has 1 heterocycles. The molecule has 4 nitrogen and oxygen atoms in total. The second-order valence-corrected chi connectivity index (χ2v) is 4.93. The SMILES string of the molecule is CNCC1CN(C(C)c2ccc(O)cc2F)CCO1. The number of nitrogens with one attached hydrogen (secondary N) is 1. The van der Waals surface area contributed by atoms with Crippen molar-refractivity contribution in [3.05, 3.63) is 29.6 Å². The zero-order valence-electron chi connectivity index (χ0n) is 11.4. The molecular weight excluding hydrogens is 247 g/mol. The van der Waals surface area contributed by atoms with Crippen molar-refractivity contribution in [1.29, 1.82) is 0 Å². The van der Waals surface area contributed by atoms with Crippen LogP contribution in [0.5, 0.6) is 5.75 Å². The van der Waals surface area contributed by atoms with E-state index in [0.717, 1.165) is 25.7 Å². The van der Waals surface area contributed by atoms with Crippen LogP contribution in [0.1, 0.15) is 18.5 Å². The van der Waals surface area contributed by atoms with Crippen LogP contribution in [0.3, 0.4) is 0 Å². The average molecular weight is 268 g/mol. The van der Waals surface area contributed by atoms with E-state index < -0.39 is 0 Å². The molecule has 2 unspecified atom stereocenters. The van der Waals surface area contributed by atoms with E-state index in [4.69, 9.17) is 4.74 Å². The number of nitrogens with zero attached hydrogens (tertiary/aromatic N) is 1. The fourth-order valence-electron chi connectivity index (χ4n) is 2.50. The smallest absolute Gasteiger partial charge is 0.131 e. The van der Waals surface area contributed by atoms with Gasteiger partial charge in [0.1, 0.15) is 11.6 Å². The lowest BCUT2D eigenvalue weighted by atomic mass is 10.0. The first-order chi connectivity index (χ1) is 9.11. The third-order valence-corrected chi connectivity index (χ3v) is 3.58. The van der Waals surface area contributed by atoms with Gasteiger partial charge in [-0.2, -0.15) is 0 Å². The minimum absolute atomic E-state index is 0.0242. The number of morpholine rings is 1. The zero-order chi connectivity index (χ0) is 13.8. The third-order valence-electron chi connectivity index (χ3n) is 3.58. The fraction of sp³-hybridized carbons (Fsp3) is 0.571. The second kappa shape index (κ2) is 6.32. The molecule has 0 spiro atoms. The van der Waals surface area contributed by atoms with Crippen LogP contribution < -0.4 is 5.32 Å². The van der Waals surface area contributed by atoms with Crippen molar-refractivity contribution < 1.29 is 14.2 Å². The summed E-state index contributed by atoms with van der Waals surface area (Å²) in [4.78, 5) is 2.21. The van der Waals surface area contributed by atoms with Crippen LogP contribution in [0.2, 0.25) is 0 Å². The molecule has 1 fully saturated rings. The largest absolute Gasteiger partial charge is 0.508 e. The Labute approximate surface area is 113 Å². The molecule has 2 rings (SSSR count). The highest BCUT2D eigenvalue weighted by Crippen LogP contribution is 2.26. The van der Waals surface area contributed by atoms with Gasteiger partial charge >= 0.3 is 0 Å². The normalized spacial score (nSPS) is 22.4. The lowest BCUT2D eigenvalue weighted by Gasteiger charge is -2.37. The van der Waals surface area contributed by atoms with Crippen molar-refractivity contribution in [2.24, 2.45) is 0 Å². The number of ether oxygens (including phenoxy) is 1. The zero-order valence-corrected chi connectivity index (χ0v) is 11.4. The van der Waals surface area contributed by atoms with E-state index in [9.17, 15) is 9.50 Å². The summed E-state index contributed by atoms with van der Waals surface area (Å²) in [5.41, 5.74) is 0.614. The first-order valence-corrected chi connectivity index (χ1v) is 6.60. The van der Waals surface area contributed by atoms with Crippen LogP contribution in [0.4, 0.5) is 4.39 Å². The Kier molecular flexibility index (Phi) is 4.74. The summed E-state index contributed by atoms with van der Waals surface area (Å²) in [6.45, 7) is 5.01. The number of hydrogen-bond acceptors (Lipinski definition) is 4. The summed E-state index contributed by atoms with van der Waals surface area (Å²) in [7, 11) is 1.89. The Balaban J connectivity index is 2.07. The molecule has 1 aromatic carbocycles. The molecule has 0 saturated carbocycles.